The molecule has 0 atom stereocenters. The molecule has 2 rings (SSSR count). The van der Waals surface area contributed by atoms with Crippen LogP contribution in [0.1, 0.15) is 41.2 Å². The first kappa shape index (κ1) is 14.8. The molecule has 0 spiro atoms. The predicted octanol–water partition coefficient (Wildman–Crippen LogP) is 2.72. The van der Waals surface area contributed by atoms with Gasteiger partial charge in [0.15, 0.2) is 11.6 Å². The van der Waals surface area contributed by atoms with Crippen molar-refractivity contribution >= 4 is 11.6 Å². The zero-order chi connectivity index (χ0) is 15.2. The lowest BCUT2D eigenvalue weighted by Crippen LogP contribution is -2.11. The fourth-order valence-corrected chi connectivity index (χ4v) is 1.76. The van der Waals surface area contributed by atoms with Crippen LogP contribution in [-0.4, -0.2) is 27.6 Å². The quantitative estimate of drug-likeness (QED) is 0.602. The van der Waals surface area contributed by atoms with Crippen molar-refractivity contribution in [2.45, 2.75) is 26.4 Å². The minimum Gasteiger partial charge on any atom is -0.491 e. The largest absolute Gasteiger partial charge is 0.491 e. The van der Waals surface area contributed by atoms with E-state index in [1.165, 1.54) is 12.4 Å². The second-order valence-electron chi connectivity index (χ2n) is 4.79. The number of Topliss-reactive ketones (excluding diaryl/α,β-unsaturated/α-hetero) is 2. The number of ether oxygens (including phenoxy) is 1. The lowest BCUT2D eigenvalue weighted by atomic mass is 10.1. The normalized spacial score (nSPS) is 10.4. The van der Waals surface area contributed by atoms with E-state index in [2.05, 4.69) is 9.97 Å². The molecule has 0 N–H and O–H groups in total. The molecule has 0 aliphatic carbocycles. The number of hydrogen-bond acceptors (Lipinski definition) is 5. The number of aromatic nitrogens is 2. The molecule has 5 nitrogen and oxygen atoms in total. The van der Waals surface area contributed by atoms with Gasteiger partial charge in [-0.1, -0.05) is 0 Å². The Hall–Kier alpha value is -2.56. The monoisotopic (exact) mass is 284 g/mol. The van der Waals surface area contributed by atoms with Crippen LogP contribution in [0, 0.1) is 0 Å². The van der Waals surface area contributed by atoms with E-state index < -0.39 is 0 Å². The van der Waals surface area contributed by atoms with Crippen LogP contribution in [0.4, 0.5) is 0 Å². The van der Waals surface area contributed by atoms with Crippen molar-refractivity contribution in [1.29, 1.82) is 0 Å². The number of ketones is 2. The third-order valence-corrected chi connectivity index (χ3v) is 2.68. The lowest BCUT2D eigenvalue weighted by molar-refractivity contribution is 0.0888. The highest BCUT2D eigenvalue weighted by Crippen LogP contribution is 2.15. The first-order chi connectivity index (χ1) is 10.1. The van der Waals surface area contributed by atoms with Crippen LogP contribution in [0.5, 0.6) is 5.75 Å². The molecule has 0 saturated heterocycles. The first-order valence-electron chi connectivity index (χ1n) is 6.66. The second kappa shape index (κ2) is 6.74. The van der Waals surface area contributed by atoms with E-state index in [-0.39, 0.29) is 29.9 Å². The van der Waals surface area contributed by atoms with Gasteiger partial charge in [-0.05, 0) is 44.2 Å². The smallest absolute Gasteiger partial charge is 0.207 e. The average Bonchev–Trinajstić information content (AvgIpc) is 2.48. The molecule has 1 heterocycles. The number of benzene rings is 1. The van der Waals surface area contributed by atoms with Gasteiger partial charge in [0.25, 0.3) is 0 Å². The first-order valence-corrected chi connectivity index (χ1v) is 6.66. The second-order valence-corrected chi connectivity index (χ2v) is 4.79. The molecule has 108 valence electrons. The van der Waals surface area contributed by atoms with Gasteiger partial charge < -0.3 is 4.74 Å². The van der Waals surface area contributed by atoms with Crippen molar-refractivity contribution in [3.8, 4) is 5.75 Å². The van der Waals surface area contributed by atoms with Gasteiger partial charge in [-0.3, -0.25) is 9.59 Å². The molecule has 0 unspecified atom stereocenters. The SMILES string of the molecule is CC(C)Oc1ccc(C(=O)CC(=O)c2ncccn2)cc1. The maximum Gasteiger partial charge on any atom is 0.207 e. The molecule has 5 heteroatoms. The van der Waals surface area contributed by atoms with Gasteiger partial charge in [0, 0.05) is 18.0 Å². The number of hydrogen-bond donors (Lipinski definition) is 0. The highest BCUT2D eigenvalue weighted by Gasteiger charge is 2.15. The van der Waals surface area contributed by atoms with Crippen molar-refractivity contribution in [2.24, 2.45) is 0 Å². The molecule has 21 heavy (non-hydrogen) atoms. The van der Waals surface area contributed by atoms with Crippen LogP contribution < -0.4 is 4.74 Å². The van der Waals surface area contributed by atoms with Crippen LogP contribution in [0.2, 0.25) is 0 Å². The van der Waals surface area contributed by atoms with Gasteiger partial charge in [-0.2, -0.15) is 0 Å². The molecular formula is C16H16N2O3. The summed E-state index contributed by atoms with van der Waals surface area (Å²) in [6, 6.07) is 8.36. The summed E-state index contributed by atoms with van der Waals surface area (Å²) >= 11 is 0. The van der Waals surface area contributed by atoms with E-state index in [1.54, 1.807) is 30.3 Å². The summed E-state index contributed by atoms with van der Waals surface area (Å²) in [5.41, 5.74) is 0.468. The molecule has 0 fully saturated rings. The van der Waals surface area contributed by atoms with E-state index in [0.717, 1.165) is 0 Å². The number of carbonyl (C=O) groups is 2. The van der Waals surface area contributed by atoms with Gasteiger partial charge in [0.05, 0.1) is 12.5 Å². The Kier molecular flexibility index (Phi) is 4.77. The Morgan fingerprint density at radius 1 is 1.05 bits per heavy atom. The summed E-state index contributed by atoms with van der Waals surface area (Å²) in [6.07, 6.45) is 2.78. The summed E-state index contributed by atoms with van der Waals surface area (Å²) in [6.45, 7) is 3.86. The molecule has 1 aromatic heterocycles. The standard InChI is InChI=1S/C16H16N2O3/c1-11(2)21-13-6-4-12(5-7-13)14(19)10-15(20)16-17-8-3-9-18-16/h3-9,11H,10H2,1-2H3. The van der Waals surface area contributed by atoms with Gasteiger partial charge >= 0.3 is 0 Å². The van der Waals surface area contributed by atoms with E-state index in [1.807, 2.05) is 13.8 Å². The van der Waals surface area contributed by atoms with E-state index >= 15 is 0 Å². The lowest BCUT2D eigenvalue weighted by Gasteiger charge is -2.09. The Morgan fingerprint density at radius 3 is 2.24 bits per heavy atom. The summed E-state index contributed by atoms with van der Waals surface area (Å²) in [4.78, 5) is 31.6. The summed E-state index contributed by atoms with van der Waals surface area (Å²) in [5, 5.41) is 0. The Balaban J connectivity index is 2.02. The minimum atomic E-state index is -0.386. The van der Waals surface area contributed by atoms with Gasteiger partial charge in [0.2, 0.25) is 5.78 Å². The molecule has 0 amide bonds. The maximum absolute atomic E-state index is 12.0. The van der Waals surface area contributed by atoms with Crippen LogP contribution in [0.3, 0.4) is 0 Å². The molecule has 1 aromatic carbocycles. The van der Waals surface area contributed by atoms with Crippen molar-refractivity contribution in [3.05, 3.63) is 54.1 Å². The van der Waals surface area contributed by atoms with Crippen LogP contribution in [-0.2, 0) is 0 Å². The summed E-state index contributed by atoms with van der Waals surface area (Å²) < 4.78 is 5.50. The van der Waals surface area contributed by atoms with E-state index in [9.17, 15) is 9.59 Å². The number of rotatable bonds is 6. The zero-order valence-electron chi connectivity index (χ0n) is 11.9. The van der Waals surface area contributed by atoms with Crippen molar-refractivity contribution < 1.29 is 14.3 Å². The van der Waals surface area contributed by atoms with E-state index in [0.29, 0.717) is 11.3 Å². The molecule has 0 aliphatic heterocycles. The Labute approximate surface area is 123 Å². The molecule has 0 bridgehead atoms. The third-order valence-electron chi connectivity index (χ3n) is 2.68. The Morgan fingerprint density at radius 2 is 1.67 bits per heavy atom. The maximum atomic E-state index is 12.0. The average molecular weight is 284 g/mol. The minimum absolute atomic E-state index is 0.0608. The molecule has 2 aromatic rings. The molecule has 0 saturated carbocycles. The highest BCUT2D eigenvalue weighted by atomic mass is 16.5. The molecule has 0 radical (unpaired) electrons. The molecular weight excluding hydrogens is 268 g/mol. The van der Waals surface area contributed by atoms with Gasteiger partial charge in [-0.25, -0.2) is 9.97 Å². The Bertz CT molecular complexity index is 622. The third kappa shape index (κ3) is 4.21. The van der Waals surface area contributed by atoms with Gasteiger partial charge in [-0.15, -0.1) is 0 Å². The predicted molar refractivity (Wildman–Crippen MR) is 77.5 cm³/mol. The van der Waals surface area contributed by atoms with Crippen LogP contribution in [0.15, 0.2) is 42.7 Å². The van der Waals surface area contributed by atoms with Crippen molar-refractivity contribution in [1.82, 2.24) is 9.97 Å². The summed E-state index contributed by atoms with van der Waals surface area (Å²) in [7, 11) is 0. The van der Waals surface area contributed by atoms with Crippen molar-refractivity contribution in [3.63, 3.8) is 0 Å². The van der Waals surface area contributed by atoms with Crippen molar-refractivity contribution in [2.75, 3.05) is 0 Å². The van der Waals surface area contributed by atoms with Crippen LogP contribution >= 0.6 is 0 Å². The van der Waals surface area contributed by atoms with E-state index in [4.69, 9.17) is 4.74 Å². The fourth-order valence-electron chi connectivity index (χ4n) is 1.76. The topological polar surface area (TPSA) is 69.2 Å². The summed E-state index contributed by atoms with van der Waals surface area (Å²) in [5.74, 6) is 0.108. The fraction of sp³-hybridized carbons (Fsp3) is 0.250. The molecule has 0 aliphatic rings. The highest BCUT2D eigenvalue weighted by molar-refractivity contribution is 6.12. The van der Waals surface area contributed by atoms with Gasteiger partial charge in [0.1, 0.15) is 5.75 Å². The zero-order valence-corrected chi connectivity index (χ0v) is 11.9. The number of nitrogens with zero attached hydrogens (tertiary/aromatic N) is 2. The number of carbonyl (C=O) groups excluding carboxylic acids is 2. The van der Waals surface area contributed by atoms with Crippen LogP contribution in [0.25, 0.3) is 0 Å².